The molecule has 0 aromatic heterocycles. The van der Waals surface area contributed by atoms with E-state index >= 15 is 0 Å². The zero-order valence-electron chi connectivity index (χ0n) is 10.2. The van der Waals surface area contributed by atoms with E-state index in [1.807, 2.05) is 38.1 Å². The van der Waals surface area contributed by atoms with Gasteiger partial charge in [-0.2, -0.15) is 5.26 Å². The van der Waals surface area contributed by atoms with Gasteiger partial charge in [-0.3, -0.25) is 5.32 Å². The molecule has 0 spiro atoms. The van der Waals surface area contributed by atoms with Gasteiger partial charge in [-0.25, -0.2) is 0 Å². The number of hydrogen-bond donors (Lipinski definition) is 2. The highest BCUT2D eigenvalue weighted by Gasteiger charge is 2.09. The van der Waals surface area contributed by atoms with Crippen molar-refractivity contribution in [3.63, 3.8) is 0 Å². The summed E-state index contributed by atoms with van der Waals surface area (Å²) in [5, 5.41) is 20.6. The number of nitriles is 1. The summed E-state index contributed by atoms with van der Waals surface area (Å²) in [6.45, 7) is 4.36. The number of aliphatic hydroxyl groups is 1. The van der Waals surface area contributed by atoms with Crippen LogP contribution >= 0.6 is 0 Å². The minimum Gasteiger partial charge on any atom is -0.491 e. The van der Waals surface area contributed by atoms with E-state index in [-0.39, 0.29) is 12.7 Å². The molecule has 0 amide bonds. The van der Waals surface area contributed by atoms with Crippen molar-refractivity contribution in [3.05, 3.63) is 29.8 Å². The zero-order valence-corrected chi connectivity index (χ0v) is 10.2. The van der Waals surface area contributed by atoms with Gasteiger partial charge >= 0.3 is 0 Å². The Morgan fingerprint density at radius 1 is 1.35 bits per heavy atom. The molecule has 2 N–H and O–H groups in total. The number of hydrogen-bond acceptors (Lipinski definition) is 4. The molecule has 1 rings (SSSR count). The molecule has 4 heteroatoms. The molecule has 0 saturated carbocycles. The van der Waals surface area contributed by atoms with Crippen LogP contribution in [0, 0.1) is 11.3 Å². The molecule has 1 aromatic carbocycles. The van der Waals surface area contributed by atoms with Crippen LogP contribution in [0.3, 0.4) is 0 Å². The lowest BCUT2D eigenvalue weighted by atomic mass is 10.1. The van der Waals surface area contributed by atoms with E-state index in [1.165, 1.54) is 0 Å². The molecule has 4 nitrogen and oxygen atoms in total. The maximum absolute atomic E-state index is 9.00. The minimum absolute atomic E-state index is 0.0206. The second-order valence-electron chi connectivity index (χ2n) is 3.98. The Labute approximate surface area is 102 Å². The van der Waals surface area contributed by atoms with Crippen molar-refractivity contribution in [1.82, 2.24) is 5.32 Å². The maximum Gasteiger partial charge on any atom is 0.121 e. The average Bonchev–Trinajstić information content (AvgIpc) is 2.31. The number of nitrogens with one attached hydrogen (secondary N) is 1. The van der Waals surface area contributed by atoms with Gasteiger partial charge in [0.1, 0.15) is 11.8 Å². The molecule has 1 aromatic rings. The second kappa shape index (κ2) is 6.89. The summed E-state index contributed by atoms with van der Waals surface area (Å²) in [7, 11) is 0. The fourth-order valence-corrected chi connectivity index (χ4v) is 1.46. The van der Waals surface area contributed by atoms with Gasteiger partial charge in [0.15, 0.2) is 0 Å². The normalized spacial score (nSPS) is 12.2. The van der Waals surface area contributed by atoms with Crippen LogP contribution in [0.5, 0.6) is 5.75 Å². The lowest BCUT2D eigenvalue weighted by molar-refractivity contribution is 0.242. The molecule has 0 heterocycles. The number of nitrogens with zero attached hydrogens (tertiary/aromatic N) is 1. The van der Waals surface area contributed by atoms with Crippen molar-refractivity contribution >= 4 is 0 Å². The van der Waals surface area contributed by atoms with E-state index in [0.717, 1.165) is 11.3 Å². The highest BCUT2D eigenvalue weighted by molar-refractivity contribution is 5.31. The number of ether oxygens (including phenoxy) is 1. The van der Waals surface area contributed by atoms with Crippen LogP contribution in [-0.4, -0.2) is 24.4 Å². The standard InChI is InChI=1S/C13H18N2O2/c1-10(2)17-12-5-3-11(4-6-12)13(9-14)15-7-8-16/h3-6,10,13,15-16H,7-8H2,1-2H3. The molecule has 0 fully saturated rings. The van der Waals surface area contributed by atoms with Crippen LogP contribution in [-0.2, 0) is 0 Å². The van der Waals surface area contributed by atoms with Gasteiger partial charge in [-0.1, -0.05) is 12.1 Å². The van der Waals surface area contributed by atoms with Gasteiger partial charge in [-0.05, 0) is 31.5 Å². The Morgan fingerprint density at radius 3 is 2.47 bits per heavy atom. The molecule has 0 bridgehead atoms. The third-order valence-electron chi connectivity index (χ3n) is 2.17. The van der Waals surface area contributed by atoms with Crippen LogP contribution in [0.2, 0.25) is 0 Å². The molecule has 0 saturated heterocycles. The average molecular weight is 234 g/mol. The fourth-order valence-electron chi connectivity index (χ4n) is 1.46. The van der Waals surface area contributed by atoms with Crippen LogP contribution in [0.15, 0.2) is 24.3 Å². The van der Waals surface area contributed by atoms with E-state index in [0.29, 0.717) is 6.54 Å². The fraction of sp³-hybridized carbons (Fsp3) is 0.462. The van der Waals surface area contributed by atoms with E-state index in [1.54, 1.807) is 0 Å². The minimum atomic E-state index is -0.393. The van der Waals surface area contributed by atoms with Crippen LogP contribution in [0.4, 0.5) is 0 Å². The Bertz CT molecular complexity index is 368. The first-order valence-electron chi connectivity index (χ1n) is 5.68. The summed E-state index contributed by atoms with van der Waals surface area (Å²) in [5.74, 6) is 0.794. The molecule has 17 heavy (non-hydrogen) atoms. The Balaban J connectivity index is 2.68. The number of aliphatic hydroxyl groups excluding tert-OH is 1. The molecular weight excluding hydrogens is 216 g/mol. The monoisotopic (exact) mass is 234 g/mol. The summed E-state index contributed by atoms with van der Waals surface area (Å²) in [6.07, 6.45) is 0.139. The summed E-state index contributed by atoms with van der Waals surface area (Å²) in [6, 6.07) is 9.17. The molecule has 92 valence electrons. The lowest BCUT2D eigenvalue weighted by Gasteiger charge is -2.13. The van der Waals surface area contributed by atoms with Crippen molar-refractivity contribution in [1.29, 1.82) is 5.26 Å². The third kappa shape index (κ3) is 4.43. The summed E-state index contributed by atoms with van der Waals surface area (Å²) >= 11 is 0. The SMILES string of the molecule is CC(C)Oc1ccc(C(C#N)NCCO)cc1. The van der Waals surface area contributed by atoms with Gasteiger partial charge in [0.25, 0.3) is 0 Å². The lowest BCUT2D eigenvalue weighted by Crippen LogP contribution is -2.23. The van der Waals surface area contributed by atoms with E-state index in [9.17, 15) is 0 Å². The predicted molar refractivity (Wildman–Crippen MR) is 65.6 cm³/mol. The van der Waals surface area contributed by atoms with Crippen molar-refractivity contribution < 1.29 is 9.84 Å². The van der Waals surface area contributed by atoms with E-state index < -0.39 is 6.04 Å². The molecule has 0 aliphatic rings. The van der Waals surface area contributed by atoms with Crippen LogP contribution < -0.4 is 10.1 Å². The van der Waals surface area contributed by atoms with Crippen molar-refractivity contribution in [2.45, 2.75) is 26.0 Å². The highest BCUT2D eigenvalue weighted by Crippen LogP contribution is 2.18. The van der Waals surface area contributed by atoms with Crippen molar-refractivity contribution in [3.8, 4) is 11.8 Å². The Kier molecular flexibility index (Phi) is 5.47. The van der Waals surface area contributed by atoms with Gasteiger partial charge in [0.2, 0.25) is 0 Å². The molecular formula is C13H18N2O2. The van der Waals surface area contributed by atoms with Crippen molar-refractivity contribution in [2.24, 2.45) is 0 Å². The summed E-state index contributed by atoms with van der Waals surface area (Å²) < 4.78 is 5.52. The topological polar surface area (TPSA) is 65.3 Å². The third-order valence-corrected chi connectivity index (χ3v) is 2.17. The van der Waals surface area contributed by atoms with Gasteiger partial charge in [-0.15, -0.1) is 0 Å². The highest BCUT2D eigenvalue weighted by atomic mass is 16.5. The van der Waals surface area contributed by atoms with Crippen LogP contribution in [0.1, 0.15) is 25.5 Å². The van der Waals surface area contributed by atoms with E-state index in [4.69, 9.17) is 15.1 Å². The molecule has 1 atom stereocenters. The van der Waals surface area contributed by atoms with Gasteiger partial charge in [0.05, 0.1) is 18.8 Å². The molecule has 0 radical (unpaired) electrons. The van der Waals surface area contributed by atoms with E-state index in [2.05, 4.69) is 11.4 Å². The molecule has 1 unspecified atom stereocenters. The smallest absolute Gasteiger partial charge is 0.121 e. The predicted octanol–water partition coefficient (Wildman–Crippen LogP) is 1.62. The Hall–Kier alpha value is -1.57. The summed E-state index contributed by atoms with van der Waals surface area (Å²) in [5.41, 5.74) is 0.872. The number of rotatable bonds is 6. The molecule has 0 aliphatic heterocycles. The second-order valence-corrected chi connectivity index (χ2v) is 3.98. The summed E-state index contributed by atoms with van der Waals surface area (Å²) in [4.78, 5) is 0. The maximum atomic E-state index is 9.00. The van der Waals surface area contributed by atoms with Crippen LogP contribution in [0.25, 0.3) is 0 Å². The number of benzene rings is 1. The first-order valence-corrected chi connectivity index (χ1v) is 5.68. The van der Waals surface area contributed by atoms with Gasteiger partial charge in [0, 0.05) is 6.54 Å². The largest absolute Gasteiger partial charge is 0.491 e. The quantitative estimate of drug-likeness (QED) is 0.785. The first-order chi connectivity index (χ1) is 8.17. The zero-order chi connectivity index (χ0) is 12.7. The van der Waals surface area contributed by atoms with Gasteiger partial charge < -0.3 is 9.84 Å². The van der Waals surface area contributed by atoms with Crippen molar-refractivity contribution in [2.75, 3.05) is 13.2 Å². The Morgan fingerprint density at radius 2 is 2.00 bits per heavy atom. The molecule has 0 aliphatic carbocycles. The first kappa shape index (κ1) is 13.5.